The number of nitriles is 1. The summed E-state index contributed by atoms with van der Waals surface area (Å²) in [5.74, 6) is -1.27. The molecule has 0 radical (unpaired) electrons. The summed E-state index contributed by atoms with van der Waals surface area (Å²) < 4.78 is 49.2. The molecule has 3 aromatic rings. The first-order chi connectivity index (χ1) is 16.8. The number of hydrogen-bond donors (Lipinski definition) is 1. The van der Waals surface area contributed by atoms with Crippen molar-refractivity contribution < 1.29 is 27.1 Å². The highest BCUT2D eigenvalue weighted by atomic mass is 19.4. The van der Waals surface area contributed by atoms with Crippen molar-refractivity contribution in [2.24, 2.45) is 0 Å². The van der Waals surface area contributed by atoms with Gasteiger partial charge in [0.05, 0.1) is 12.6 Å². The van der Waals surface area contributed by atoms with Crippen LogP contribution in [0.5, 0.6) is 5.75 Å². The second-order valence-electron chi connectivity index (χ2n) is 8.41. The van der Waals surface area contributed by atoms with Crippen LogP contribution >= 0.6 is 0 Å². The minimum atomic E-state index is -4.84. The van der Waals surface area contributed by atoms with Crippen LogP contribution in [0.25, 0.3) is 11.5 Å². The molecule has 3 heterocycles. The van der Waals surface area contributed by atoms with Crippen molar-refractivity contribution in [2.75, 3.05) is 6.54 Å². The molecule has 1 aromatic carbocycles. The summed E-state index contributed by atoms with van der Waals surface area (Å²) in [5, 5.41) is 23.9. The van der Waals surface area contributed by atoms with Crippen molar-refractivity contribution in [1.29, 1.82) is 5.26 Å². The normalized spacial score (nSPS) is 20.0. The lowest BCUT2D eigenvalue weighted by molar-refractivity contribution is -0.274. The number of carbonyl (C=O) groups is 1. The smallest absolute Gasteiger partial charge is 0.412 e. The van der Waals surface area contributed by atoms with E-state index in [4.69, 9.17) is 4.42 Å². The van der Waals surface area contributed by atoms with Gasteiger partial charge in [0.2, 0.25) is 5.89 Å². The third-order valence-electron chi connectivity index (χ3n) is 5.87. The lowest BCUT2D eigenvalue weighted by atomic mass is 10.0. The summed E-state index contributed by atoms with van der Waals surface area (Å²) in [6.07, 6.45) is 2.49. The molecule has 182 valence electrons. The van der Waals surface area contributed by atoms with Crippen molar-refractivity contribution in [1.82, 2.24) is 35.2 Å². The van der Waals surface area contributed by atoms with E-state index < -0.39 is 18.0 Å². The molecule has 35 heavy (non-hydrogen) atoms. The first-order valence-electron chi connectivity index (χ1n) is 10.8. The Morgan fingerprint density at radius 1 is 1.31 bits per heavy atom. The SMILES string of the molecule is N#CN1C[C@H](NC(=O)c2nnc(-c3cc(OC(F)(F)F)ccc3C3CC3)o2)C[C@H]1Cn1cncn1. The van der Waals surface area contributed by atoms with Crippen molar-refractivity contribution in [2.45, 2.75) is 50.2 Å². The Kier molecular flexibility index (Phi) is 5.75. The zero-order valence-electron chi connectivity index (χ0n) is 18.1. The van der Waals surface area contributed by atoms with Crippen molar-refractivity contribution >= 4 is 5.91 Å². The number of likely N-dealkylation sites (tertiary alicyclic amines) is 1. The highest BCUT2D eigenvalue weighted by molar-refractivity contribution is 5.90. The Labute approximate surface area is 196 Å². The molecule has 5 rings (SSSR count). The summed E-state index contributed by atoms with van der Waals surface area (Å²) in [5.41, 5.74) is 1.05. The van der Waals surface area contributed by atoms with E-state index in [1.807, 2.05) is 0 Å². The lowest BCUT2D eigenvalue weighted by Gasteiger charge is -2.16. The minimum absolute atomic E-state index is 0.0705. The Hall–Kier alpha value is -4.15. The molecule has 2 atom stereocenters. The van der Waals surface area contributed by atoms with Gasteiger partial charge >= 0.3 is 18.2 Å². The van der Waals surface area contributed by atoms with E-state index in [9.17, 15) is 23.2 Å². The molecule has 1 saturated heterocycles. The van der Waals surface area contributed by atoms with Crippen LogP contribution in [0.2, 0.25) is 0 Å². The van der Waals surface area contributed by atoms with E-state index in [0.29, 0.717) is 25.1 Å². The quantitative estimate of drug-likeness (QED) is 0.498. The zero-order chi connectivity index (χ0) is 24.6. The van der Waals surface area contributed by atoms with Crippen molar-refractivity contribution in [3.05, 3.63) is 42.3 Å². The monoisotopic (exact) mass is 488 g/mol. The first-order valence-corrected chi connectivity index (χ1v) is 10.8. The minimum Gasteiger partial charge on any atom is -0.412 e. The topological polar surface area (TPSA) is 135 Å². The summed E-state index contributed by atoms with van der Waals surface area (Å²) in [4.78, 5) is 18.2. The van der Waals surface area contributed by atoms with Gasteiger partial charge in [-0.25, -0.2) is 4.98 Å². The molecule has 0 unspecified atom stereocenters. The van der Waals surface area contributed by atoms with E-state index >= 15 is 0 Å². The highest BCUT2D eigenvalue weighted by Gasteiger charge is 2.35. The molecule has 0 spiro atoms. The second-order valence-corrected chi connectivity index (χ2v) is 8.41. The number of hydrogen-bond acceptors (Lipinski definition) is 9. The third-order valence-corrected chi connectivity index (χ3v) is 5.87. The maximum Gasteiger partial charge on any atom is 0.573 e. The highest BCUT2D eigenvalue weighted by Crippen LogP contribution is 2.45. The number of nitrogens with one attached hydrogen (secondary N) is 1. The fourth-order valence-electron chi connectivity index (χ4n) is 4.20. The molecule has 1 N–H and O–H groups in total. The molecule has 1 saturated carbocycles. The lowest BCUT2D eigenvalue weighted by Crippen LogP contribution is -2.36. The Morgan fingerprint density at radius 3 is 2.83 bits per heavy atom. The Bertz CT molecular complexity index is 1250. The Balaban J connectivity index is 1.29. The van der Waals surface area contributed by atoms with Crippen LogP contribution in [0.1, 0.15) is 41.4 Å². The van der Waals surface area contributed by atoms with Gasteiger partial charge in [-0.1, -0.05) is 6.07 Å². The van der Waals surface area contributed by atoms with Gasteiger partial charge in [0, 0.05) is 18.2 Å². The van der Waals surface area contributed by atoms with Crippen LogP contribution in [0.3, 0.4) is 0 Å². The number of benzene rings is 1. The third kappa shape index (κ3) is 5.18. The van der Waals surface area contributed by atoms with Crippen molar-refractivity contribution in [3.8, 4) is 23.4 Å². The molecule has 1 aliphatic heterocycles. The number of alkyl halides is 3. The van der Waals surface area contributed by atoms with E-state index in [-0.39, 0.29) is 29.8 Å². The summed E-state index contributed by atoms with van der Waals surface area (Å²) in [6, 6.07) is 3.44. The average molecular weight is 488 g/mol. The summed E-state index contributed by atoms with van der Waals surface area (Å²) in [6.45, 7) is 0.732. The largest absolute Gasteiger partial charge is 0.573 e. The molecule has 2 aromatic heterocycles. The fourth-order valence-corrected chi connectivity index (χ4v) is 4.20. The van der Waals surface area contributed by atoms with E-state index in [0.717, 1.165) is 18.4 Å². The number of rotatable bonds is 7. The van der Waals surface area contributed by atoms with Crippen molar-refractivity contribution in [3.63, 3.8) is 0 Å². The number of amides is 1. The van der Waals surface area contributed by atoms with Gasteiger partial charge in [-0.15, -0.1) is 23.4 Å². The number of halogens is 3. The molecule has 1 amide bonds. The van der Waals surface area contributed by atoms with E-state index in [2.05, 4.69) is 36.5 Å². The molecule has 11 nitrogen and oxygen atoms in total. The van der Waals surface area contributed by atoms with Gasteiger partial charge in [-0.2, -0.15) is 10.4 Å². The predicted octanol–water partition coefficient (Wildman–Crippen LogP) is 2.46. The maximum atomic E-state index is 12.7. The van der Waals surface area contributed by atoms with Gasteiger partial charge in [-0.05, 0) is 42.9 Å². The Morgan fingerprint density at radius 2 is 2.14 bits per heavy atom. The molecule has 2 aliphatic rings. The van der Waals surface area contributed by atoms with Gasteiger partial charge < -0.3 is 19.4 Å². The van der Waals surface area contributed by atoms with Crippen LogP contribution in [0, 0.1) is 11.5 Å². The van der Waals surface area contributed by atoms with Crippen LogP contribution in [-0.2, 0) is 6.54 Å². The maximum absolute atomic E-state index is 12.7. The summed E-state index contributed by atoms with van der Waals surface area (Å²) >= 11 is 0. The first kappa shape index (κ1) is 22.6. The molecule has 14 heteroatoms. The predicted molar refractivity (Wildman–Crippen MR) is 110 cm³/mol. The van der Waals surface area contributed by atoms with Crippen LogP contribution in [0.15, 0.2) is 35.3 Å². The molecular formula is C21H19F3N8O3. The standard InChI is InChI=1S/C21H19F3N8O3/c22-21(23,24)35-15-3-4-16(12-1-2-12)17(6-15)19-29-30-20(34-19)18(33)28-13-5-14(31(7-13)9-25)8-32-11-26-10-27-32/h3-4,6,10-14H,1-2,5,7-8H2,(H,28,33)/t13-,14+/m1/s1. The fraction of sp³-hybridized carbons (Fsp3) is 0.429. The average Bonchev–Trinajstić information content (AvgIpc) is 3.18. The van der Waals surface area contributed by atoms with Crippen LogP contribution in [0.4, 0.5) is 13.2 Å². The number of carbonyl (C=O) groups excluding carboxylic acids is 1. The van der Waals surface area contributed by atoms with Gasteiger partial charge in [0.15, 0.2) is 6.19 Å². The van der Waals surface area contributed by atoms with E-state index in [1.165, 1.54) is 18.5 Å². The van der Waals surface area contributed by atoms with Gasteiger partial charge in [-0.3, -0.25) is 9.48 Å². The van der Waals surface area contributed by atoms with Gasteiger partial charge in [0.1, 0.15) is 18.4 Å². The number of nitrogens with zero attached hydrogens (tertiary/aromatic N) is 7. The molecule has 0 bridgehead atoms. The van der Waals surface area contributed by atoms with Crippen LogP contribution < -0.4 is 10.1 Å². The molecule has 1 aliphatic carbocycles. The zero-order valence-corrected chi connectivity index (χ0v) is 18.1. The molecule has 2 fully saturated rings. The number of aromatic nitrogens is 5. The summed E-state index contributed by atoms with van der Waals surface area (Å²) in [7, 11) is 0. The van der Waals surface area contributed by atoms with E-state index in [1.54, 1.807) is 22.0 Å². The number of ether oxygens (including phenoxy) is 1. The molecular weight excluding hydrogens is 469 g/mol. The van der Waals surface area contributed by atoms with Gasteiger partial charge in [0.25, 0.3) is 0 Å². The second kappa shape index (κ2) is 8.90. The van der Waals surface area contributed by atoms with Crippen LogP contribution in [-0.4, -0.2) is 60.8 Å².